The van der Waals surface area contributed by atoms with E-state index in [2.05, 4.69) is 10.3 Å². The van der Waals surface area contributed by atoms with Gasteiger partial charge in [-0.25, -0.2) is 9.97 Å². The van der Waals surface area contributed by atoms with Crippen LogP contribution in [0.5, 0.6) is 11.6 Å². The zero-order valence-electron chi connectivity index (χ0n) is 18.6. The Kier molecular flexibility index (Phi) is 5.39. The molecule has 6 heteroatoms. The summed E-state index contributed by atoms with van der Waals surface area (Å²) >= 11 is 0. The van der Waals surface area contributed by atoms with Crippen molar-refractivity contribution in [1.82, 2.24) is 9.97 Å². The third-order valence-corrected chi connectivity index (χ3v) is 5.97. The molecule has 160 valence electrons. The minimum absolute atomic E-state index is 0.0246. The first-order valence-electron chi connectivity index (χ1n) is 10.3. The van der Waals surface area contributed by atoms with Crippen LogP contribution in [0.1, 0.15) is 35.1 Å². The van der Waals surface area contributed by atoms with Crippen molar-refractivity contribution in [3.8, 4) is 22.9 Å². The summed E-state index contributed by atoms with van der Waals surface area (Å²) in [7, 11) is 3.26. The molecular weight excluding hydrogens is 390 g/mol. The molecule has 2 heterocycles. The number of anilines is 1. The Morgan fingerprint density at radius 1 is 0.968 bits per heavy atom. The lowest BCUT2D eigenvalue weighted by Gasteiger charge is -2.18. The molecule has 1 aliphatic rings. The lowest BCUT2D eigenvalue weighted by atomic mass is 9.93. The second-order valence-electron chi connectivity index (χ2n) is 8.13. The first-order chi connectivity index (χ1) is 14.9. The van der Waals surface area contributed by atoms with Crippen LogP contribution in [0.3, 0.4) is 0 Å². The molecule has 1 fully saturated rings. The van der Waals surface area contributed by atoms with Crippen LogP contribution in [0.4, 0.5) is 5.82 Å². The first kappa shape index (κ1) is 20.8. The highest BCUT2D eigenvalue weighted by Crippen LogP contribution is 2.49. The highest BCUT2D eigenvalue weighted by Gasteiger charge is 2.51. The number of amides is 1. The Hall–Kier alpha value is -3.41. The van der Waals surface area contributed by atoms with Crippen molar-refractivity contribution >= 4 is 11.7 Å². The fourth-order valence-corrected chi connectivity index (χ4v) is 3.98. The number of methoxy groups -OCH3 is 2. The summed E-state index contributed by atoms with van der Waals surface area (Å²) < 4.78 is 10.6. The number of pyridine rings is 2. The predicted molar refractivity (Wildman–Crippen MR) is 121 cm³/mol. The van der Waals surface area contributed by atoms with Crippen LogP contribution < -0.4 is 14.8 Å². The minimum Gasteiger partial charge on any atom is -0.496 e. The van der Waals surface area contributed by atoms with E-state index in [0.29, 0.717) is 11.7 Å². The number of ether oxygens (including phenoxy) is 2. The fourth-order valence-electron chi connectivity index (χ4n) is 3.98. The zero-order chi connectivity index (χ0) is 22.2. The molecule has 0 aliphatic heterocycles. The summed E-state index contributed by atoms with van der Waals surface area (Å²) in [5.41, 5.74) is 5.17. The average Bonchev–Trinajstić information content (AvgIpc) is 3.57. The summed E-state index contributed by atoms with van der Waals surface area (Å²) in [5, 5.41) is 3.04. The number of aromatic nitrogens is 2. The van der Waals surface area contributed by atoms with Crippen molar-refractivity contribution in [1.29, 1.82) is 0 Å². The normalized spacial score (nSPS) is 14.1. The molecule has 1 aromatic carbocycles. The number of carbonyl (C=O) groups excluding carboxylic acids is 1. The van der Waals surface area contributed by atoms with Crippen molar-refractivity contribution < 1.29 is 14.3 Å². The van der Waals surface area contributed by atoms with Crippen LogP contribution in [-0.2, 0) is 10.2 Å². The van der Waals surface area contributed by atoms with E-state index < -0.39 is 5.41 Å². The third kappa shape index (κ3) is 3.85. The molecule has 0 spiro atoms. The molecule has 1 aliphatic carbocycles. The molecule has 0 atom stereocenters. The van der Waals surface area contributed by atoms with Crippen molar-refractivity contribution in [2.75, 3.05) is 19.5 Å². The number of carbonyl (C=O) groups is 1. The van der Waals surface area contributed by atoms with E-state index >= 15 is 0 Å². The van der Waals surface area contributed by atoms with Gasteiger partial charge in [0.2, 0.25) is 11.8 Å². The Bertz CT molecular complexity index is 1150. The smallest absolute Gasteiger partial charge is 0.236 e. The van der Waals surface area contributed by atoms with Crippen molar-refractivity contribution in [2.24, 2.45) is 0 Å². The number of nitrogens with one attached hydrogen (secondary N) is 1. The van der Waals surface area contributed by atoms with Gasteiger partial charge in [0.1, 0.15) is 11.6 Å². The fraction of sp³-hybridized carbons (Fsp3) is 0.320. The Labute approximate surface area is 182 Å². The maximum Gasteiger partial charge on any atom is 0.236 e. The second kappa shape index (κ2) is 8.02. The number of benzene rings is 1. The van der Waals surface area contributed by atoms with Gasteiger partial charge in [0.05, 0.1) is 25.3 Å². The number of hydrogen-bond donors (Lipinski definition) is 1. The van der Waals surface area contributed by atoms with E-state index in [-0.39, 0.29) is 5.91 Å². The van der Waals surface area contributed by atoms with E-state index in [9.17, 15) is 4.79 Å². The first-order valence-corrected chi connectivity index (χ1v) is 10.3. The topological polar surface area (TPSA) is 73.3 Å². The molecule has 0 bridgehead atoms. The molecule has 1 saturated carbocycles. The Balaban J connectivity index is 1.60. The molecule has 2 aromatic heterocycles. The molecule has 0 unspecified atom stereocenters. The number of aryl methyl sites for hydroxylation is 3. The van der Waals surface area contributed by atoms with Crippen molar-refractivity contribution in [3.63, 3.8) is 0 Å². The van der Waals surface area contributed by atoms with Crippen LogP contribution in [0.2, 0.25) is 0 Å². The summed E-state index contributed by atoms with van der Waals surface area (Å²) in [5.74, 6) is 1.93. The molecule has 31 heavy (non-hydrogen) atoms. The molecule has 0 saturated heterocycles. The van der Waals surface area contributed by atoms with E-state index in [1.807, 2.05) is 57.2 Å². The zero-order valence-corrected chi connectivity index (χ0v) is 18.6. The van der Waals surface area contributed by atoms with Gasteiger partial charge in [-0.05, 0) is 68.5 Å². The van der Waals surface area contributed by atoms with Crippen LogP contribution >= 0.6 is 0 Å². The Morgan fingerprint density at radius 3 is 2.35 bits per heavy atom. The van der Waals surface area contributed by atoms with Gasteiger partial charge in [0.15, 0.2) is 0 Å². The Morgan fingerprint density at radius 2 is 1.74 bits per heavy atom. The summed E-state index contributed by atoms with van der Waals surface area (Å²) in [6, 6.07) is 11.8. The molecule has 1 amide bonds. The molecule has 0 radical (unpaired) electrons. The van der Waals surface area contributed by atoms with Crippen LogP contribution in [0.25, 0.3) is 11.3 Å². The molecular formula is C25H27N3O3. The standard InChI is InChI=1S/C25H27N3O3/c1-15-6-9-21(27-22(15)18-12-17(3)23(31-5)26-14-18)28-24(29)25(10-11-25)19-7-8-20(30-4)16(2)13-19/h6-9,12-14H,10-11H2,1-5H3,(H,27,28,29). The van der Waals surface area contributed by atoms with Crippen molar-refractivity contribution in [3.05, 3.63) is 64.8 Å². The maximum absolute atomic E-state index is 13.2. The van der Waals surface area contributed by atoms with Gasteiger partial charge in [-0.2, -0.15) is 0 Å². The summed E-state index contributed by atoms with van der Waals surface area (Å²) in [6.07, 6.45) is 3.39. The maximum atomic E-state index is 13.2. The SMILES string of the molecule is COc1ccc(C2(C(=O)Nc3ccc(C)c(-c4cnc(OC)c(C)c4)n3)CC2)cc1C. The van der Waals surface area contributed by atoms with Crippen LogP contribution in [-0.4, -0.2) is 30.1 Å². The summed E-state index contributed by atoms with van der Waals surface area (Å²) in [4.78, 5) is 22.3. The lowest BCUT2D eigenvalue weighted by Crippen LogP contribution is -2.28. The largest absolute Gasteiger partial charge is 0.496 e. The highest BCUT2D eigenvalue weighted by molar-refractivity contribution is 6.01. The number of rotatable bonds is 6. The van der Waals surface area contributed by atoms with Crippen LogP contribution in [0, 0.1) is 20.8 Å². The van der Waals surface area contributed by atoms with E-state index in [1.165, 1.54) is 0 Å². The minimum atomic E-state index is -0.498. The van der Waals surface area contributed by atoms with Gasteiger partial charge in [0.25, 0.3) is 0 Å². The highest BCUT2D eigenvalue weighted by atomic mass is 16.5. The van der Waals surface area contributed by atoms with Gasteiger partial charge in [0, 0.05) is 17.3 Å². The quantitative estimate of drug-likeness (QED) is 0.626. The number of hydrogen-bond acceptors (Lipinski definition) is 5. The predicted octanol–water partition coefficient (Wildman–Crippen LogP) is 4.76. The monoisotopic (exact) mass is 417 g/mol. The summed E-state index contributed by atoms with van der Waals surface area (Å²) in [6.45, 7) is 5.94. The lowest BCUT2D eigenvalue weighted by molar-refractivity contribution is -0.118. The van der Waals surface area contributed by atoms with Gasteiger partial charge in [-0.15, -0.1) is 0 Å². The van der Waals surface area contributed by atoms with E-state index in [1.54, 1.807) is 20.4 Å². The molecule has 6 nitrogen and oxygen atoms in total. The molecule has 4 rings (SSSR count). The molecule has 3 aromatic rings. The van der Waals surface area contributed by atoms with E-state index in [0.717, 1.165) is 52.1 Å². The second-order valence-corrected chi connectivity index (χ2v) is 8.13. The van der Waals surface area contributed by atoms with Crippen LogP contribution in [0.15, 0.2) is 42.6 Å². The van der Waals surface area contributed by atoms with Gasteiger partial charge in [-0.1, -0.05) is 18.2 Å². The number of nitrogens with zero attached hydrogens (tertiary/aromatic N) is 2. The van der Waals surface area contributed by atoms with Gasteiger partial charge in [-0.3, -0.25) is 4.79 Å². The molecule has 1 N–H and O–H groups in total. The average molecular weight is 418 g/mol. The third-order valence-electron chi connectivity index (χ3n) is 5.97. The van der Waals surface area contributed by atoms with Crippen molar-refractivity contribution in [2.45, 2.75) is 39.0 Å². The van der Waals surface area contributed by atoms with Gasteiger partial charge < -0.3 is 14.8 Å². The van der Waals surface area contributed by atoms with E-state index in [4.69, 9.17) is 14.5 Å². The van der Waals surface area contributed by atoms with Gasteiger partial charge >= 0.3 is 0 Å².